The number of aromatic amines is 1. The average molecular weight is 421 g/mol. The SMILES string of the molecule is O=C(c1ccc2ncc3c(=O)n(-c4ccc(Cl)cc4)[nH]c3c2c1)N1CCCCCC1. The Morgan fingerprint density at radius 2 is 1.70 bits per heavy atom. The topological polar surface area (TPSA) is 71.0 Å². The van der Waals surface area contributed by atoms with Gasteiger partial charge in [-0.2, -0.15) is 0 Å². The van der Waals surface area contributed by atoms with E-state index in [4.69, 9.17) is 11.6 Å². The van der Waals surface area contributed by atoms with Gasteiger partial charge in [0, 0.05) is 35.3 Å². The Kier molecular flexibility index (Phi) is 4.79. The minimum Gasteiger partial charge on any atom is -0.339 e. The van der Waals surface area contributed by atoms with Crippen molar-refractivity contribution < 1.29 is 4.79 Å². The molecule has 7 heteroatoms. The summed E-state index contributed by atoms with van der Waals surface area (Å²) >= 11 is 5.97. The predicted molar refractivity (Wildman–Crippen MR) is 119 cm³/mol. The molecule has 1 saturated heterocycles. The summed E-state index contributed by atoms with van der Waals surface area (Å²) in [7, 11) is 0. The molecule has 1 aliphatic rings. The molecule has 1 N–H and O–H groups in total. The second kappa shape index (κ2) is 7.61. The molecule has 0 atom stereocenters. The van der Waals surface area contributed by atoms with Crippen molar-refractivity contribution in [3.05, 3.63) is 69.6 Å². The lowest BCUT2D eigenvalue weighted by Crippen LogP contribution is -2.31. The zero-order valence-corrected chi connectivity index (χ0v) is 17.2. The van der Waals surface area contributed by atoms with Crippen LogP contribution in [0.1, 0.15) is 36.0 Å². The summed E-state index contributed by atoms with van der Waals surface area (Å²) in [6.45, 7) is 1.59. The van der Waals surface area contributed by atoms with Crippen LogP contribution in [0, 0.1) is 0 Å². The van der Waals surface area contributed by atoms with Gasteiger partial charge in [-0.15, -0.1) is 0 Å². The fourth-order valence-electron chi connectivity index (χ4n) is 4.12. The molecule has 0 bridgehead atoms. The highest BCUT2D eigenvalue weighted by atomic mass is 35.5. The highest BCUT2D eigenvalue weighted by molar-refractivity contribution is 6.30. The van der Waals surface area contributed by atoms with Crippen LogP contribution in [0.5, 0.6) is 0 Å². The van der Waals surface area contributed by atoms with Gasteiger partial charge in [0.15, 0.2) is 0 Å². The lowest BCUT2D eigenvalue weighted by molar-refractivity contribution is 0.0762. The third kappa shape index (κ3) is 3.27. The van der Waals surface area contributed by atoms with Gasteiger partial charge in [-0.1, -0.05) is 24.4 Å². The molecule has 152 valence electrons. The van der Waals surface area contributed by atoms with Gasteiger partial charge in [0.1, 0.15) is 0 Å². The standard InChI is InChI=1S/C23H21ClN4O2/c24-16-6-8-17(9-7-16)28-23(30)19-14-25-20-10-5-15(13-18(20)21(19)26-28)22(29)27-11-3-1-2-4-12-27/h5-10,13-14,26H,1-4,11-12H2. The number of amides is 1. The molecule has 0 aliphatic carbocycles. The number of carbonyl (C=O) groups excluding carboxylic acids is 1. The summed E-state index contributed by atoms with van der Waals surface area (Å²) in [6.07, 6.45) is 6.01. The van der Waals surface area contributed by atoms with Crippen molar-refractivity contribution in [3.63, 3.8) is 0 Å². The lowest BCUT2D eigenvalue weighted by Gasteiger charge is -2.20. The minimum atomic E-state index is -0.189. The van der Waals surface area contributed by atoms with Crippen LogP contribution < -0.4 is 5.56 Å². The van der Waals surface area contributed by atoms with Gasteiger partial charge < -0.3 is 4.90 Å². The molecular weight excluding hydrogens is 400 g/mol. The maximum Gasteiger partial charge on any atom is 0.280 e. The molecule has 3 heterocycles. The van der Waals surface area contributed by atoms with Gasteiger partial charge in [0.2, 0.25) is 0 Å². The van der Waals surface area contributed by atoms with Crippen molar-refractivity contribution in [3.8, 4) is 5.69 Å². The number of H-pyrrole nitrogens is 1. The first-order valence-corrected chi connectivity index (χ1v) is 10.6. The number of carbonyl (C=O) groups is 1. The quantitative estimate of drug-likeness (QED) is 0.517. The lowest BCUT2D eigenvalue weighted by atomic mass is 10.1. The fourth-order valence-corrected chi connectivity index (χ4v) is 4.25. The molecule has 0 saturated carbocycles. The van der Waals surface area contributed by atoms with Gasteiger partial charge in [-0.05, 0) is 55.3 Å². The van der Waals surface area contributed by atoms with E-state index in [9.17, 15) is 9.59 Å². The highest BCUT2D eigenvalue weighted by Gasteiger charge is 2.19. The normalized spacial score (nSPS) is 14.9. The number of likely N-dealkylation sites (tertiary alicyclic amines) is 1. The molecule has 30 heavy (non-hydrogen) atoms. The molecule has 0 unspecified atom stereocenters. The summed E-state index contributed by atoms with van der Waals surface area (Å²) in [4.78, 5) is 32.4. The van der Waals surface area contributed by atoms with Crippen molar-refractivity contribution in [2.45, 2.75) is 25.7 Å². The molecule has 5 rings (SSSR count). The summed E-state index contributed by atoms with van der Waals surface area (Å²) in [5, 5.41) is 5.04. The molecule has 1 fully saturated rings. The van der Waals surface area contributed by atoms with E-state index in [1.807, 2.05) is 23.1 Å². The van der Waals surface area contributed by atoms with Crippen molar-refractivity contribution >= 4 is 39.3 Å². The summed E-state index contributed by atoms with van der Waals surface area (Å²) in [5.74, 6) is 0.0373. The number of rotatable bonds is 2. The van der Waals surface area contributed by atoms with Crippen LogP contribution in [-0.2, 0) is 0 Å². The number of halogens is 1. The Balaban J connectivity index is 1.62. The zero-order chi connectivity index (χ0) is 20.7. The Bertz CT molecular complexity index is 1300. The Morgan fingerprint density at radius 3 is 2.43 bits per heavy atom. The Hall–Kier alpha value is -3.12. The van der Waals surface area contributed by atoms with Gasteiger partial charge >= 0.3 is 0 Å². The summed E-state index contributed by atoms with van der Waals surface area (Å²) < 4.78 is 1.48. The van der Waals surface area contributed by atoms with E-state index in [0.717, 1.165) is 36.8 Å². The molecule has 2 aromatic heterocycles. The smallest absolute Gasteiger partial charge is 0.280 e. The molecular formula is C23H21ClN4O2. The maximum absolute atomic E-state index is 13.1. The molecule has 4 aromatic rings. The van der Waals surface area contributed by atoms with Crippen LogP contribution in [0.25, 0.3) is 27.5 Å². The number of aromatic nitrogens is 3. The van der Waals surface area contributed by atoms with Gasteiger partial charge in [0.05, 0.1) is 22.1 Å². The number of benzene rings is 2. The van der Waals surface area contributed by atoms with Crippen molar-refractivity contribution in [2.75, 3.05) is 13.1 Å². The highest BCUT2D eigenvalue weighted by Crippen LogP contribution is 2.24. The molecule has 1 amide bonds. The van der Waals surface area contributed by atoms with Crippen LogP contribution in [0.3, 0.4) is 0 Å². The third-order valence-corrected chi connectivity index (χ3v) is 6.00. The average Bonchev–Trinajstić information content (AvgIpc) is 2.94. The molecule has 1 aliphatic heterocycles. The molecule has 0 spiro atoms. The first-order valence-electron chi connectivity index (χ1n) is 10.2. The molecule has 6 nitrogen and oxygen atoms in total. The van der Waals surface area contributed by atoms with E-state index in [0.29, 0.717) is 27.2 Å². The third-order valence-electron chi connectivity index (χ3n) is 5.75. The number of fused-ring (bicyclic) bond motifs is 3. The monoisotopic (exact) mass is 420 g/mol. The Morgan fingerprint density at radius 1 is 0.967 bits per heavy atom. The number of pyridine rings is 1. The van der Waals surface area contributed by atoms with Crippen molar-refractivity contribution in [1.82, 2.24) is 19.7 Å². The van der Waals surface area contributed by atoms with Crippen LogP contribution in [0.15, 0.2) is 53.5 Å². The van der Waals surface area contributed by atoms with Gasteiger partial charge in [0.25, 0.3) is 11.5 Å². The first-order chi connectivity index (χ1) is 14.6. The summed E-state index contributed by atoms with van der Waals surface area (Å²) in [6, 6.07) is 12.6. The van der Waals surface area contributed by atoms with Crippen molar-refractivity contribution in [1.29, 1.82) is 0 Å². The van der Waals surface area contributed by atoms with Crippen LogP contribution in [0.2, 0.25) is 5.02 Å². The molecule has 2 aromatic carbocycles. The van der Waals surface area contributed by atoms with E-state index >= 15 is 0 Å². The molecule has 0 radical (unpaired) electrons. The summed E-state index contributed by atoms with van der Waals surface area (Å²) in [5.41, 5.74) is 2.53. The number of hydrogen-bond donors (Lipinski definition) is 1. The number of nitrogens with zero attached hydrogens (tertiary/aromatic N) is 3. The fraction of sp³-hybridized carbons (Fsp3) is 0.261. The van der Waals surface area contributed by atoms with Crippen LogP contribution in [-0.4, -0.2) is 38.7 Å². The van der Waals surface area contributed by atoms with E-state index < -0.39 is 0 Å². The predicted octanol–water partition coefficient (Wildman–Crippen LogP) is 4.54. The largest absolute Gasteiger partial charge is 0.339 e. The zero-order valence-electron chi connectivity index (χ0n) is 16.4. The van der Waals surface area contributed by atoms with Crippen LogP contribution >= 0.6 is 11.6 Å². The maximum atomic E-state index is 13.1. The van der Waals surface area contributed by atoms with E-state index in [-0.39, 0.29) is 11.5 Å². The second-order valence-corrected chi connectivity index (χ2v) is 8.15. The van der Waals surface area contributed by atoms with E-state index in [1.165, 1.54) is 17.5 Å². The number of nitrogens with one attached hydrogen (secondary N) is 1. The Labute approximate surface area is 178 Å². The minimum absolute atomic E-state index is 0.0373. The van der Waals surface area contributed by atoms with Crippen molar-refractivity contribution in [2.24, 2.45) is 0 Å². The van der Waals surface area contributed by atoms with Gasteiger partial charge in [-0.3, -0.25) is 19.7 Å². The number of hydrogen-bond acceptors (Lipinski definition) is 3. The van der Waals surface area contributed by atoms with Gasteiger partial charge in [-0.25, -0.2) is 4.68 Å². The second-order valence-electron chi connectivity index (χ2n) is 7.71. The first kappa shape index (κ1) is 18.9. The van der Waals surface area contributed by atoms with E-state index in [1.54, 1.807) is 30.5 Å². The van der Waals surface area contributed by atoms with E-state index in [2.05, 4.69) is 10.1 Å². The van der Waals surface area contributed by atoms with Crippen LogP contribution in [0.4, 0.5) is 0 Å².